The summed E-state index contributed by atoms with van der Waals surface area (Å²) in [5, 5.41) is 3.21. The summed E-state index contributed by atoms with van der Waals surface area (Å²) in [5.74, 6) is 0.499. The maximum Gasteiger partial charge on any atom is 0.233 e. The molecule has 28 heavy (non-hydrogen) atoms. The topological polar surface area (TPSA) is 87.8 Å². The average Bonchev–Trinajstić information content (AvgIpc) is 3.38. The van der Waals surface area contributed by atoms with Gasteiger partial charge in [-0.05, 0) is 61.1 Å². The summed E-state index contributed by atoms with van der Waals surface area (Å²) in [6, 6.07) is 6.25. The Morgan fingerprint density at radius 3 is 2.57 bits per heavy atom. The molecule has 2 amide bonds. The van der Waals surface area contributed by atoms with Crippen molar-refractivity contribution in [3.63, 3.8) is 0 Å². The first kappa shape index (κ1) is 17.5. The molecule has 3 N–H and O–H groups in total. The van der Waals surface area contributed by atoms with E-state index in [4.69, 9.17) is 5.73 Å². The summed E-state index contributed by atoms with van der Waals surface area (Å²) in [6.07, 6.45) is 9.78. The number of amides is 2. The molecule has 0 aromatic heterocycles. The van der Waals surface area contributed by atoms with Crippen molar-refractivity contribution in [3.05, 3.63) is 41.5 Å². The predicted molar refractivity (Wildman–Crippen MR) is 108 cm³/mol. The van der Waals surface area contributed by atoms with E-state index in [-0.39, 0.29) is 35.5 Å². The molecule has 2 bridgehead atoms. The standard InChI is InChI=1S/C22H26N4O2/c23-22(25-17-7-3-5-13-4-1-2-6-16(13)17)24-10-11-26-20(27)18-14-8-9-15(12-14)19(18)21(26)28/h3,5,7-9,14-15,18-19H,1-2,4,6,10-12H2,(H3,23,24,25). The van der Waals surface area contributed by atoms with Crippen LogP contribution in [0.3, 0.4) is 0 Å². The van der Waals surface area contributed by atoms with Crippen LogP contribution in [0.1, 0.15) is 30.4 Å². The van der Waals surface area contributed by atoms with Crippen LogP contribution in [-0.2, 0) is 22.4 Å². The van der Waals surface area contributed by atoms with Crippen LogP contribution >= 0.6 is 0 Å². The maximum atomic E-state index is 12.7. The predicted octanol–water partition coefficient (Wildman–Crippen LogP) is 2.10. The van der Waals surface area contributed by atoms with Crippen LogP contribution in [0.15, 0.2) is 35.3 Å². The highest BCUT2D eigenvalue weighted by Crippen LogP contribution is 2.52. The number of aryl methyl sites for hydroxylation is 1. The first-order chi connectivity index (χ1) is 13.6. The number of imide groups is 1. The lowest BCUT2D eigenvalue weighted by molar-refractivity contribution is -0.140. The van der Waals surface area contributed by atoms with Crippen molar-refractivity contribution in [1.82, 2.24) is 4.90 Å². The lowest BCUT2D eigenvalue weighted by Crippen LogP contribution is -2.35. The average molecular weight is 378 g/mol. The van der Waals surface area contributed by atoms with Crippen molar-refractivity contribution >= 4 is 23.5 Å². The second-order valence-electron chi connectivity index (χ2n) is 8.37. The molecule has 1 heterocycles. The molecule has 3 aliphatic carbocycles. The van der Waals surface area contributed by atoms with Crippen LogP contribution in [-0.4, -0.2) is 35.8 Å². The summed E-state index contributed by atoms with van der Waals surface area (Å²) in [6.45, 7) is 0.632. The van der Waals surface area contributed by atoms with Gasteiger partial charge in [0.1, 0.15) is 0 Å². The number of fused-ring (bicyclic) bond motifs is 6. The molecule has 1 saturated heterocycles. The molecule has 1 aromatic carbocycles. The van der Waals surface area contributed by atoms with Crippen molar-refractivity contribution in [1.29, 1.82) is 0 Å². The third-order valence-corrected chi connectivity index (χ3v) is 6.83. The molecule has 0 radical (unpaired) electrons. The number of likely N-dealkylation sites (tertiary alicyclic amines) is 1. The van der Waals surface area contributed by atoms with Crippen molar-refractivity contribution in [2.75, 3.05) is 18.4 Å². The number of nitrogens with one attached hydrogen (secondary N) is 1. The van der Waals surface area contributed by atoms with Gasteiger partial charge in [-0.25, -0.2) is 0 Å². The molecule has 2 fully saturated rings. The fourth-order valence-electron chi connectivity index (χ4n) is 5.53. The Hall–Kier alpha value is -2.63. The highest BCUT2D eigenvalue weighted by molar-refractivity contribution is 6.06. The Bertz CT molecular complexity index is 861. The molecule has 5 rings (SSSR count). The van der Waals surface area contributed by atoms with Gasteiger partial charge in [0, 0.05) is 12.2 Å². The fourth-order valence-corrected chi connectivity index (χ4v) is 5.53. The molecule has 1 aliphatic heterocycles. The highest BCUT2D eigenvalue weighted by Gasteiger charge is 2.58. The molecule has 1 saturated carbocycles. The summed E-state index contributed by atoms with van der Waals surface area (Å²) in [7, 11) is 0. The summed E-state index contributed by atoms with van der Waals surface area (Å²) in [5.41, 5.74) is 9.81. The number of benzene rings is 1. The van der Waals surface area contributed by atoms with Crippen molar-refractivity contribution < 1.29 is 9.59 Å². The molecule has 4 unspecified atom stereocenters. The van der Waals surface area contributed by atoms with Gasteiger partial charge in [-0.2, -0.15) is 0 Å². The number of nitrogens with zero attached hydrogens (tertiary/aromatic N) is 2. The van der Waals surface area contributed by atoms with E-state index >= 15 is 0 Å². The quantitative estimate of drug-likeness (QED) is 0.363. The molecular formula is C22H26N4O2. The van der Waals surface area contributed by atoms with E-state index in [1.165, 1.54) is 28.9 Å². The van der Waals surface area contributed by atoms with Gasteiger partial charge in [0.05, 0.1) is 18.4 Å². The molecule has 1 aromatic rings. The number of allylic oxidation sites excluding steroid dienone is 2. The van der Waals surface area contributed by atoms with Gasteiger partial charge in [-0.3, -0.25) is 19.5 Å². The number of anilines is 1. The van der Waals surface area contributed by atoms with Crippen LogP contribution in [0.2, 0.25) is 0 Å². The monoisotopic (exact) mass is 378 g/mol. The van der Waals surface area contributed by atoms with Gasteiger partial charge in [-0.1, -0.05) is 24.3 Å². The number of hydrogen-bond donors (Lipinski definition) is 2. The second kappa shape index (κ2) is 6.76. The van der Waals surface area contributed by atoms with Gasteiger partial charge < -0.3 is 11.1 Å². The zero-order valence-corrected chi connectivity index (χ0v) is 15.9. The van der Waals surface area contributed by atoms with E-state index in [0.29, 0.717) is 19.0 Å². The Kier molecular flexibility index (Phi) is 4.22. The van der Waals surface area contributed by atoms with E-state index in [1.807, 2.05) is 12.1 Å². The summed E-state index contributed by atoms with van der Waals surface area (Å²) in [4.78, 5) is 31.2. The largest absolute Gasteiger partial charge is 0.370 e. The zero-order valence-electron chi connectivity index (χ0n) is 15.9. The molecule has 4 atom stereocenters. The molecular weight excluding hydrogens is 352 g/mol. The summed E-state index contributed by atoms with van der Waals surface area (Å²) < 4.78 is 0. The molecule has 146 valence electrons. The van der Waals surface area contributed by atoms with Gasteiger partial charge in [0.2, 0.25) is 11.8 Å². The molecule has 6 nitrogen and oxygen atoms in total. The lowest BCUT2D eigenvalue weighted by Gasteiger charge is -2.20. The third-order valence-electron chi connectivity index (χ3n) is 6.83. The van der Waals surface area contributed by atoms with Gasteiger partial charge in [0.15, 0.2) is 5.96 Å². The smallest absolute Gasteiger partial charge is 0.233 e. The summed E-state index contributed by atoms with van der Waals surface area (Å²) >= 11 is 0. The molecule has 0 spiro atoms. The van der Waals surface area contributed by atoms with E-state index in [0.717, 1.165) is 24.9 Å². The number of nitrogens with two attached hydrogens (primary N) is 1. The Labute approximate surface area is 164 Å². The van der Waals surface area contributed by atoms with E-state index in [2.05, 4.69) is 28.5 Å². The minimum atomic E-state index is -0.141. The second-order valence-corrected chi connectivity index (χ2v) is 8.37. The van der Waals surface area contributed by atoms with Crippen LogP contribution in [0.4, 0.5) is 5.69 Å². The van der Waals surface area contributed by atoms with E-state index in [9.17, 15) is 9.59 Å². The fraction of sp³-hybridized carbons (Fsp3) is 0.500. The van der Waals surface area contributed by atoms with Crippen molar-refractivity contribution in [3.8, 4) is 0 Å². The van der Waals surface area contributed by atoms with Crippen LogP contribution in [0.5, 0.6) is 0 Å². The number of carbonyl (C=O) groups is 2. The van der Waals surface area contributed by atoms with Gasteiger partial charge in [0.25, 0.3) is 0 Å². The van der Waals surface area contributed by atoms with Crippen LogP contribution < -0.4 is 11.1 Å². The van der Waals surface area contributed by atoms with Gasteiger partial charge in [-0.15, -0.1) is 0 Å². The zero-order chi connectivity index (χ0) is 19.3. The number of guanidine groups is 1. The third kappa shape index (κ3) is 2.74. The number of carbonyl (C=O) groups excluding carboxylic acids is 2. The lowest BCUT2D eigenvalue weighted by atomic mass is 9.85. The Morgan fingerprint density at radius 1 is 1.11 bits per heavy atom. The van der Waals surface area contributed by atoms with E-state index in [1.54, 1.807) is 0 Å². The SMILES string of the molecule is NC(=NCCN1C(=O)C2C3C=CC(C3)C2C1=O)Nc1cccc2c1CCCC2. The Morgan fingerprint density at radius 2 is 1.82 bits per heavy atom. The first-order valence-corrected chi connectivity index (χ1v) is 10.3. The van der Waals surface area contributed by atoms with Crippen molar-refractivity contribution in [2.24, 2.45) is 34.4 Å². The first-order valence-electron chi connectivity index (χ1n) is 10.3. The number of rotatable bonds is 4. The number of hydrogen-bond acceptors (Lipinski definition) is 3. The maximum absolute atomic E-state index is 12.7. The molecule has 4 aliphatic rings. The number of aliphatic imine (C=N–C) groups is 1. The highest BCUT2D eigenvalue weighted by atomic mass is 16.2. The molecule has 6 heteroatoms. The normalized spacial score (nSPS) is 30.7. The van der Waals surface area contributed by atoms with Crippen molar-refractivity contribution in [2.45, 2.75) is 32.1 Å². The van der Waals surface area contributed by atoms with Crippen LogP contribution in [0.25, 0.3) is 0 Å². The van der Waals surface area contributed by atoms with Crippen LogP contribution in [0, 0.1) is 23.7 Å². The van der Waals surface area contributed by atoms with E-state index < -0.39 is 0 Å². The minimum absolute atomic E-state index is 0.0225. The Balaban J connectivity index is 1.22. The minimum Gasteiger partial charge on any atom is -0.370 e. The van der Waals surface area contributed by atoms with Gasteiger partial charge >= 0.3 is 0 Å².